The maximum Gasteiger partial charge on any atom is 0.374 e. The van der Waals surface area contributed by atoms with Gasteiger partial charge in [0, 0.05) is 17.7 Å². The summed E-state index contributed by atoms with van der Waals surface area (Å²) in [6.07, 6.45) is 0. The van der Waals surface area contributed by atoms with E-state index in [0.717, 1.165) is 11.4 Å². The van der Waals surface area contributed by atoms with Gasteiger partial charge >= 0.3 is 5.97 Å². The Balaban J connectivity index is 1.37. The van der Waals surface area contributed by atoms with Crippen LogP contribution in [-0.4, -0.2) is 33.2 Å². The quantitative estimate of drug-likeness (QED) is 0.245. The standard InChI is InChI=1S/C24H20N4O6/c1-15-23(16(2)27(26-15)18-6-4-3-5-7-18)25-22(29)14-33-24(30)21-13-12-20(34-21)17-8-10-19(11-9-17)28(31)32/h3-13H,14H2,1-2H3,(H,25,29). The molecule has 0 atom stereocenters. The third-order valence-corrected chi connectivity index (χ3v) is 5.06. The lowest BCUT2D eigenvalue weighted by Crippen LogP contribution is -2.21. The van der Waals surface area contributed by atoms with Crippen LogP contribution in [0.15, 0.2) is 71.1 Å². The summed E-state index contributed by atoms with van der Waals surface area (Å²) >= 11 is 0. The van der Waals surface area contributed by atoms with E-state index < -0.39 is 23.4 Å². The van der Waals surface area contributed by atoms with Gasteiger partial charge in [-0.2, -0.15) is 5.10 Å². The Bertz CT molecular complexity index is 1360. The van der Waals surface area contributed by atoms with Crippen molar-refractivity contribution in [3.8, 4) is 17.0 Å². The van der Waals surface area contributed by atoms with E-state index in [1.54, 1.807) is 17.7 Å². The zero-order chi connectivity index (χ0) is 24.2. The zero-order valence-corrected chi connectivity index (χ0v) is 18.3. The van der Waals surface area contributed by atoms with E-state index >= 15 is 0 Å². The normalized spacial score (nSPS) is 10.6. The first-order valence-electron chi connectivity index (χ1n) is 10.3. The first kappa shape index (κ1) is 22.5. The van der Waals surface area contributed by atoms with Gasteiger partial charge in [0.25, 0.3) is 11.6 Å². The van der Waals surface area contributed by atoms with Gasteiger partial charge in [0.2, 0.25) is 5.76 Å². The number of hydrogen-bond acceptors (Lipinski definition) is 7. The van der Waals surface area contributed by atoms with Crippen LogP contribution < -0.4 is 5.32 Å². The summed E-state index contributed by atoms with van der Waals surface area (Å²) in [4.78, 5) is 35.0. The van der Waals surface area contributed by atoms with Crippen molar-refractivity contribution in [2.45, 2.75) is 13.8 Å². The summed E-state index contributed by atoms with van der Waals surface area (Å²) in [6.45, 7) is 3.09. The molecular formula is C24H20N4O6. The van der Waals surface area contributed by atoms with Gasteiger partial charge < -0.3 is 14.5 Å². The Morgan fingerprint density at radius 1 is 1.06 bits per heavy atom. The van der Waals surface area contributed by atoms with Crippen LogP contribution in [0.2, 0.25) is 0 Å². The lowest BCUT2D eigenvalue weighted by atomic mass is 10.1. The zero-order valence-electron chi connectivity index (χ0n) is 18.3. The average Bonchev–Trinajstić information content (AvgIpc) is 3.44. The van der Waals surface area contributed by atoms with Crippen LogP contribution in [0.25, 0.3) is 17.0 Å². The maximum absolute atomic E-state index is 12.4. The van der Waals surface area contributed by atoms with Gasteiger partial charge in [0.15, 0.2) is 6.61 Å². The van der Waals surface area contributed by atoms with Crippen molar-refractivity contribution in [2.24, 2.45) is 0 Å². The molecule has 4 rings (SSSR count). The van der Waals surface area contributed by atoms with Gasteiger partial charge in [-0.15, -0.1) is 0 Å². The molecule has 0 fully saturated rings. The molecule has 0 saturated heterocycles. The third kappa shape index (κ3) is 4.70. The second-order valence-corrected chi connectivity index (χ2v) is 7.39. The molecule has 1 N–H and O–H groups in total. The molecule has 0 aliphatic carbocycles. The number of aryl methyl sites for hydroxylation is 1. The van der Waals surface area contributed by atoms with Crippen molar-refractivity contribution in [1.82, 2.24) is 9.78 Å². The summed E-state index contributed by atoms with van der Waals surface area (Å²) in [7, 11) is 0. The number of furan rings is 1. The molecule has 172 valence electrons. The van der Waals surface area contributed by atoms with Crippen LogP contribution in [0.3, 0.4) is 0 Å². The summed E-state index contributed by atoms with van der Waals surface area (Å²) in [5, 5.41) is 18.0. The molecule has 0 aliphatic heterocycles. The molecule has 2 heterocycles. The van der Waals surface area contributed by atoms with Crippen LogP contribution in [0.1, 0.15) is 21.9 Å². The van der Waals surface area contributed by atoms with Gasteiger partial charge in [-0.05, 0) is 50.2 Å². The van der Waals surface area contributed by atoms with Crippen molar-refractivity contribution in [3.05, 3.63) is 94.0 Å². The summed E-state index contributed by atoms with van der Waals surface area (Å²) in [5.41, 5.74) is 3.27. The number of benzene rings is 2. The second kappa shape index (κ2) is 9.41. The number of non-ortho nitro benzene ring substituents is 1. The van der Waals surface area contributed by atoms with Crippen molar-refractivity contribution in [3.63, 3.8) is 0 Å². The van der Waals surface area contributed by atoms with Crippen LogP contribution in [-0.2, 0) is 9.53 Å². The molecule has 10 nitrogen and oxygen atoms in total. The number of nitro groups is 1. The monoisotopic (exact) mass is 460 g/mol. The number of hydrogen-bond donors (Lipinski definition) is 1. The Morgan fingerprint density at radius 2 is 1.76 bits per heavy atom. The smallest absolute Gasteiger partial charge is 0.374 e. The Kier molecular flexibility index (Phi) is 6.22. The Hall–Kier alpha value is -4.73. The lowest BCUT2D eigenvalue weighted by molar-refractivity contribution is -0.384. The molecule has 1 amide bonds. The predicted molar refractivity (Wildman–Crippen MR) is 123 cm³/mol. The van der Waals surface area contributed by atoms with E-state index in [9.17, 15) is 19.7 Å². The molecule has 0 radical (unpaired) electrons. The number of rotatable bonds is 7. The molecule has 0 unspecified atom stereocenters. The predicted octanol–water partition coefficient (Wildman–Crippen LogP) is 4.45. The number of carbonyl (C=O) groups excluding carboxylic acids is 2. The minimum Gasteiger partial charge on any atom is -0.450 e. The van der Waals surface area contributed by atoms with Gasteiger partial charge in [0.1, 0.15) is 5.76 Å². The fourth-order valence-electron chi connectivity index (χ4n) is 3.37. The highest BCUT2D eigenvalue weighted by atomic mass is 16.6. The number of amides is 1. The molecule has 34 heavy (non-hydrogen) atoms. The largest absolute Gasteiger partial charge is 0.450 e. The summed E-state index contributed by atoms with van der Waals surface area (Å²) < 4.78 is 12.3. The van der Waals surface area contributed by atoms with Crippen LogP contribution in [0, 0.1) is 24.0 Å². The minimum atomic E-state index is -0.809. The SMILES string of the molecule is Cc1nn(-c2ccccc2)c(C)c1NC(=O)COC(=O)c1ccc(-c2ccc([N+](=O)[O-])cc2)o1. The molecule has 2 aromatic carbocycles. The molecule has 0 saturated carbocycles. The molecule has 10 heteroatoms. The van der Waals surface area contributed by atoms with Crippen LogP contribution in [0.5, 0.6) is 0 Å². The number of anilines is 1. The number of aromatic nitrogens is 2. The highest BCUT2D eigenvalue weighted by Crippen LogP contribution is 2.25. The number of ether oxygens (including phenoxy) is 1. The van der Waals surface area contributed by atoms with Crippen LogP contribution >= 0.6 is 0 Å². The van der Waals surface area contributed by atoms with E-state index in [2.05, 4.69) is 10.4 Å². The van der Waals surface area contributed by atoms with E-state index in [-0.39, 0.29) is 11.4 Å². The number of carbonyl (C=O) groups is 2. The van der Waals surface area contributed by atoms with Gasteiger partial charge in [-0.3, -0.25) is 14.9 Å². The van der Waals surface area contributed by atoms with Gasteiger partial charge in [-0.25, -0.2) is 9.48 Å². The average molecular weight is 460 g/mol. The number of nitrogens with one attached hydrogen (secondary N) is 1. The van der Waals surface area contributed by atoms with Crippen molar-refractivity contribution in [1.29, 1.82) is 0 Å². The highest BCUT2D eigenvalue weighted by Gasteiger charge is 2.19. The lowest BCUT2D eigenvalue weighted by Gasteiger charge is -2.07. The number of nitro benzene ring substituents is 1. The Morgan fingerprint density at radius 3 is 2.44 bits per heavy atom. The Labute approximate surface area is 193 Å². The minimum absolute atomic E-state index is 0.0549. The topological polar surface area (TPSA) is 130 Å². The second-order valence-electron chi connectivity index (χ2n) is 7.39. The third-order valence-electron chi connectivity index (χ3n) is 5.06. The molecule has 0 bridgehead atoms. The molecule has 4 aromatic rings. The first-order chi connectivity index (χ1) is 16.3. The molecule has 2 aromatic heterocycles. The molecule has 0 aliphatic rings. The highest BCUT2D eigenvalue weighted by molar-refractivity contribution is 5.95. The first-order valence-corrected chi connectivity index (χ1v) is 10.3. The van der Waals surface area contributed by atoms with E-state index in [0.29, 0.717) is 22.7 Å². The van der Waals surface area contributed by atoms with Gasteiger partial charge in [0.05, 0.1) is 27.7 Å². The van der Waals surface area contributed by atoms with E-state index in [4.69, 9.17) is 9.15 Å². The van der Waals surface area contributed by atoms with Crippen molar-refractivity contribution < 1.29 is 23.7 Å². The fraction of sp³-hybridized carbons (Fsp3) is 0.125. The maximum atomic E-state index is 12.4. The number of esters is 1. The van der Waals surface area contributed by atoms with E-state index in [1.807, 2.05) is 37.3 Å². The van der Waals surface area contributed by atoms with E-state index in [1.165, 1.54) is 30.3 Å². The number of nitrogens with zero attached hydrogens (tertiary/aromatic N) is 3. The van der Waals surface area contributed by atoms with Crippen LogP contribution in [0.4, 0.5) is 11.4 Å². The molecular weight excluding hydrogens is 440 g/mol. The summed E-state index contributed by atoms with van der Waals surface area (Å²) in [5.74, 6) is -1.08. The fourth-order valence-corrected chi connectivity index (χ4v) is 3.37. The number of para-hydroxylation sites is 1. The summed E-state index contributed by atoms with van der Waals surface area (Å²) in [6, 6.07) is 18.2. The van der Waals surface area contributed by atoms with Crippen molar-refractivity contribution >= 4 is 23.3 Å². The molecule has 0 spiro atoms. The van der Waals surface area contributed by atoms with Gasteiger partial charge in [-0.1, -0.05) is 18.2 Å². The van der Waals surface area contributed by atoms with Crippen molar-refractivity contribution in [2.75, 3.05) is 11.9 Å².